The summed E-state index contributed by atoms with van der Waals surface area (Å²) in [5.41, 5.74) is 1.71. The van der Waals surface area contributed by atoms with Crippen molar-refractivity contribution in [1.29, 1.82) is 0 Å². The minimum Gasteiger partial charge on any atom is -0.310 e. The Labute approximate surface area is 111 Å². The second-order valence-corrected chi connectivity index (χ2v) is 5.76. The van der Waals surface area contributed by atoms with Crippen LogP contribution in [0.5, 0.6) is 0 Å². The van der Waals surface area contributed by atoms with Gasteiger partial charge in [-0.25, -0.2) is 4.39 Å². The van der Waals surface area contributed by atoms with Crippen molar-refractivity contribution in [2.45, 2.75) is 51.6 Å². The molecule has 1 aromatic carbocycles. The van der Waals surface area contributed by atoms with Crippen LogP contribution in [-0.2, 0) is 6.54 Å². The molecule has 3 heteroatoms. The Balaban J connectivity index is 1.96. The lowest BCUT2D eigenvalue weighted by Gasteiger charge is -2.23. The number of halogens is 2. The van der Waals surface area contributed by atoms with Gasteiger partial charge in [-0.1, -0.05) is 35.2 Å². The molecule has 1 aliphatic rings. The predicted molar refractivity (Wildman–Crippen MR) is 72.5 cm³/mol. The maximum atomic E-state index is 13.5. The summed E-state index contributed by atoms with van der Waals surface area (Å²) in [5, 5.41) is 3.53. The first-order chi connectivity index (χ1) is 8.16. The Bertz CT molecular complexity index is 386. The average Bonchev–Trinajstić information content (AvgIpc) is 2.33. The number of rotatable bonds is 3. The second-order valence-electron chi connectivity index (χ2n) is 4.91. The molecule has 0 atom stereocenters. The molecule has 17 heavy (non-hydrogen) atoms. The first-order valence-corrected chi connectivity index (χ1v) is 7.14. The number of nitrogens with one attached hydrogen (secondary N) is 1. The molecule has 1 aromatic rings. The summed E-state index contributed by atoms with van der Waals surface area (Å²) < 4.78 is 14.5. The smallest absolute Gasteiger partial charge is 0.126 e. The molecule has 1 saturated carbocycles. The zero-order chi connectivity index (χ0) is 12.3. The van der Waals surface area contributed by atoms with Crippen molar-refractivity contribution in [1.82, 2.24) is 5.32 Å². The largest absolute Gasteiger partial charge is 0.310 e. The quantitative estimate of drug-likeness (QED) is 0.876. The third-order valence-electron chi connectivity index (χ3n) is 3.51. The second kappa shape index (κ2) is 5.96. The van der Waals surface area contributed by atoms with Crippen molar-refractivity contribution in [2.75, 3.05) is 0 Å². The SMILES string of the molecule is Cc1cc(Br)c(CNC2CCCCC2)cc1F. The van der Waals surface area contributed by atoms with Crippen LogP contribution in [0.3, 0.4) is 0 Å². The van der Waals surface area contributed by atoms with E-state index in [0.29, 0.717) is 11.6 Å². The van der Waals surface area contributed by atoms with Gasteiger partial charge in [-0.05, 0) is 43.0 Å². The Morgan fingerprint density at radius 1 is 1.29 bits per heavy atom. The molecular formula is C14H19BrFN. The van der Waals surface area contributed by atoms with Crippen molar-refractivity contribution < 1.29 is 4.39 Å². The highest BCUT2D eigenvalue weighted by Gasteiger charge is 2.13. The summed E-state index contributed by atoms with van der Waals surface area (Å²) in [6.45, 7) is 2.54. The predicted octanol–water partition coefficient (Wildman–Crippen LogP) is 4.32. The Hall–Kier alpha value is -0.410. The maximum Gasteiger partial charge on any atom is 0.126 e. The van der Waals surface area contributed by atoms with Crippen molar-refractivity contribution in [2.24, 2.45) is 0 Å². The lowest BCUT2D eigenvalue weighted by atomic mass is 9.95. The van der Waals surface area contributed by atoms with E-state index >= 15 is 0 Å². The molecule has 0 aromatic heterocycles. The van der Waals surface area contributed by atoms with Gasteiger partial charge in [0.1, 0.15) is 5.82 Å². The van der Waals surface area contributed by atoms with Crippen LogP contribution >= 0.6 is 15.9 Å². The Morgan fingerprint density at radius 2 is 2.00 bits per heavy atom. The molecule has 0 amide bonds. The van der Waals surface area contributed by atoms with Gasteiger partial charge >= 0.3 is 0 Å². The fourth-order valence-corrected chi connectivity index (χ4v) is 2.98. The normalized spacial score (nSPS) is 17.4. The van der Waals surface area contributed by atoms with Crippen LogP contribution in [0.25, 0.3) is 0 Å². The first-order valence-electron chi connectivity index (χ1n) is 6.34. The van der Waals surface area contributed by atoms with Crippen LogP contribution in [0.15, 0.2) is 16.6 Å². The summed E-state index contributed by atoms with van der Waals surface area (Å²) in [6.07, 6.45) is 6.52. The molecule has 0 saturated heterocycles. The molecule has 1 aliphatic carbocycles. The molecule has 2 rings (SSSR count). The van der Waals surface area contributed by atoms with Crippen molar-refractivity contribution in [3.05, 3.63) is 33.5 Å². The van der Waals surface area contributed by atoms with E-state index in [2.05, 4.69) is 21.2 Å². The fraction of sp³-hybridized carbons (Fsp3) is 0.571. The summed E-state index contributed by atoms with van der Waals surface area (Å²) >= 11 is 3.50. The molecule has 0 radical (unpaired) electrons. The number of hydrogen-bond acceptors (Lipinski definition) is 1. The molecule has 0 heterocycles. The average molecular weight is 300 g/mol. The van der Waals surface area contributed by atoms with Gasteiger partial charge < -0.3 is 5.32 Å². The lowest BCUT2D eigenvalue weighted by molar-refractivity contribution is 0.372. The summed E-state index contributed by atoms with van der Waals surface area (Å²) in [4.78, 5) is 0. The number of hydrogen-bond donors (Lipinski definition) is 1. The van der Waals surface area contributed by atoms with Gasteiger partial charge in [-0.3, -0.25) is 0 Å². The molecule has 0 aliphatic heterocycles. The van der Waals surface area contributed by atoms with Gasteiger partial charge in [-0.15, -0.1) is 0 Å². The van der Waals surface area contributed by atoms with Crippen molar-refractivity contribution in [3.8, 4) is 0 Å². The van der Waals surface area contributed by atoms with Crippen LogP contribution in [-0.4, -0.2) is 6.04 Å². The van der Waals surface area contributed by atoms with Gasteiger partial charge in [0.05, 0.1) is 0 Å². The monoisotopic (exact) mass is 299 g/mol. The van der Waals surface area contributed by atoms with Crippen molar-refractivity contribution in [3.63, 3.8) is 0 Å². The summed E-state index contributed by atoms with van der Waals surface area (Å²) in [5.74, 6) is -0.117. The minimum atomic E-state index is -0.117. The molecule has 0 unspecified atom stereocenters. The third kappa shape index (κ3) is 3.52. The zero-order valence-corrected chi connectivity index (χ0v) is 11.8. The molecule has 1 nitrogen and oxygen atoms in total. The van der Waals surface area contributed by atoms with Gasteiger partial charge in [-0.2, -0.15) is 0 Å². The van der Waals surface area contributed by atoms with E-state index in [1.165, 1.54) is 32.1 Å². The molecule has 1 N–H and O–H groups in total. The first kappa shape index (κ1) is 13.0. The molecule has 0 spiro atoms. The Morgan fingerprint density at radius 3 is 2.71 bits per heavy atom. The number of benzene rings is 1. The topological polar surface area (TPSA) is 12.0 Å². The van der Waals surface area contributed by atoms with Gasteiger partial charge in [0.25, 0.3) is 0 Å². The third-order valence-corrected chi connectivity index (χ3v) is 4.25. The maximum absolute atomic E-state index is 13.5. The van der Waals surface area contributed by atoms with Crippen LogP contribution in [0.2, 0.25) is 0 Å². The molecule has 94 valence electrons. The Kier molecular flexibility index (Phi) is 4.57. The zero-order valence-electron chi connectivity index (χ0n) is 10.2. The van der Waals surface area contributed by atoms with Crippen LogP contribution in [0, 0.1) is 12.7 Å². The molecule has 0 bridgehead atoms. The van der Waals surface area contributed by atoms with Crippen LogP contribution < -0.4 is 5.32 Å². The summed E-state index contributed by atoms with van der Waals surface area (Å²) in [6, 6.07) is 4.10. The van der Waals surface area contributed by atoms with E-state index < -0.39 is 0 Å². The standard InChI is InChI=1S/C14H19BrFN/c1-10-7-13(15)11(8-14(10)16)9-17-12-5-3-2-4-6-12/h7-8,12,17H,2-6,9H2,1H3. The van der Waals surface area contributed by atoms with Gasteiger partial charge in [0.2, 0.25) is 0 Å². The minimum absolute atomic E-state index is 0.117. The van der Waals surface area contributed by atoms with E-state index in [-0.39, 0.29) is 5.82 Å². The molecular weight excluding hydrogens is 281 g/mol. The van der Waals surface area contributed by atoms with E-state index in [9.17, 15) is 4.39 Å². The lowest BCUT2D eigenvalue weighted by Crippen LogP contribution is -2.30. The van der Waals surface area contributed by atoms with E-state index in [1.54, 1.807) is 13.0 Å². The van der Waals surface area contributed by atoms with E-state index in [4.69, 9.17) is 0 Å². The highest BCUT2D eigenvalue weighted by Crippen LogP contribution is 2.22. The molecule has 1 fully saturated rings. The fourth-order valence-electron chi connectivity index (χ4n) is 2.38. The summed E-state index contributed by atoms with van der Waals surface area (Å²) in [7, 11) is 0. The van der Waals surface area contributed by atoms with Gasteiger partial charge in [0, 0.05) is 17.1 Å². The van der Waals surface area contributed by atoms with Crippen LogP contribution in [0.4, 0.5) is 4.39 Å². The van der Waals surface area contributed by atoms with E-state index in [1.807, 2.05) is 6.07 Å². The highest BCUT2D eigenvalue weighted by atomic mass is 79.9. The van der Waals surface area contributed by atoms with Crippen LogP contribution in [0.1, 0.15) is 43.2 Å². The van der Waals surface area contributed by atoms with E-state index in [0.717, 1.165) is 16.6 Å². The van der Waals surface area contributed by atoms with Crippen molar-refractivity contribution >= 4 is 15.9 Å². The number of aryl methyl sites for hydroxylation is 1. The highest BCUT2D eigenvalue weighted by molar-refractivity contribution is 9.10. The van der Waals surface area contributed by atoms with Gasteiger partial charge in [0.15, 0.2) is 0 Å².